The molecule has 0 aliphatic rings. The first-order chi connectivity index (χ1) is 39.7. The van der Waals surface area contributed by atoms with Gasteiger partial charge in [-0.15, -0.1) is 0 Å². The average Bonchev–Trinajstić information content (AvgIpc) is 3.46. The fourth-order valence-electron chi connectivity index (χ4n) is 9.72. The lowest BCUT2D eigenvalue weighted by Gasteiger charge is -2.20. The van der Waals surface area contributed by atoms with E-state index >= 15 is 0 Å². The molecule has 2 atom stereocenters. The van der Waals surface area contributed by atoms with Crippen molar-refractivity contribution in [3.05, 3.63) is 146 Å². The summed E-state index contributed by atoms with van der Waals surface area (Å²) in [5.41, 5.74) is 0. The molecule has 0 saturated heterocycles. The van der Waals surface area contributed by atoms with Crippen LogP contribution in [0.5, 0.6) is 0 Å². The molecule has 456 valence electrons. The van der Waals surface area contributed by atoms with Crippen LogP contribution >= 0.6 is 0 Å². The largest absolute Gasteiger partial charge is 0.394 e. The number of nitrogens with one attached hydrogen (secondary N) is 1. The van der Waals surface area contributed by atoms with Gasteiger partial charge in [-0.05, 0) is 103 Å². The lowest BCUT2D eigenvalue weighted by molar-refractivity contribution is -0.123. The summed E-state index contributed by atoms with van der Waals surface area (Å²) in [4.78, 5) is 12.5. The van der Waals surface area contributed by atoms with Crippen molar-refractivity contribution in [2.24, 2.45) is 0 Å². The van der Waals surface area contributed by atoms with Gasteiger partial charge in [-0.3, -0.25) is 4.79 Å². The first-order valence-electron chi connectivity index (χ1n) is 34.0. The van der Waals surface area contributed by atoms with Gasteiger partial charge >= 0.3 is 0 Å². The molecule has 0 bridgehead atoms. The summed E-state index contributed by atoms with van der Waals surface area (Å²) in [6.45, 7) is 4.21. The summed E-state index contributed by atoms with van der Waals surface area (Å²) < 4.78 is 0. The van der Waals surface area contributed by atoms with Crippen LogP contribution in [0.2, 0.25) is 0 Å². The highest BCUT2D eigenvalue weighted by atomic mass is 16.3. The predicted molar refractivity (Wildman–Crippen MR) is 358 cm³/mol. The van der Waals surface area contributed by atoms with E-state index < -0.39 is 12.1 Å². The molecule has 0 heterocycles. The topological polar surface area (TPSA) is 69.6 Å². The van der Waals surface area contributed by atoms with E-state index in [0.717, 1.165) is 109 Å². The van der Waals surface area contributed by atoms with Gasteiger partial charge in [0.25, 0.3) is 0 Å². The minimum absolute atomic E-state index is 0.0778. The normalized spacial score (nSPS) is 13.7. The maximum atomic E-state index is 12.5. The van der Waals surface area contributed by atoms with Crippen molar-refractivity contribution in [2.75, 3.05) is 6.61 Å². The predicted octanol–water partition coefficient (Wildman–Crippen LogP) is 23.5. The van der Waals surface area contributed by atoms with Crippen LogP contribution in [0.1, 0.15) is 309 Å². The number of carbonyl (C=O) groups is 1. The second-order valence-corrected chi connectivity index (χ2v) is 22.5. The third-order valence-electron chi connectivity index (χ3n) is 14.8. The highest BCUT2D eigenvalue weighted by Crippen LogP contribution is 2.17. The molecule has 4 nitrogen and oxygen atoms in total. The Morgan fingerprint density at radius 2 is 0.550 bits per heavy atom. The van der Waals surface area contributed by atoms with E-state index in [2.05, 4.69) is 153 Å². The second kappa shape index (κ2) is 69.5. The Morgan fingerprint density at radius 3 is 0.825 bits per heavy atom. The number of hydrogen-bond donors (Lipinski definition) is 3. The van der Waals surface area contributed by atoms with Crippen LogP contribution in [-0.2, 0) is 4.79 Å². The maximum absolute atomic E-state index is 12.5. The minimum Gasteiger partial charge on any atom is -0.394 e. The molecule has 0 aliphatic carbocycles. The number of hydrogen-bond acceptors (Lipinski definition) is 3. The molecule has 80 heavy (non-hydrogen) atoms. The third-order valence-corrected chi connectivity index (χ3v) is 14.8. The zero-order valence-corrected chi connectivity index (χ0v) is 52.5. The van der Waals surface area contributed by atoms with E-state index in [1.54, 1.807) is 6.08 Å². The number of aliphatic hydroxyl groups is 2. The molecule has 4 heteroatoms. The van der Waals surface area contributed by atoms with E-state index in [0.29, 0.717) is 6.42 Å². The molecule has 0 aromatic rings. The van der Waals surface area contributed by atoms with Gasteiger partial charge < -0.3 is 15.5 Å². The molecule has 0 aromatic heterocycles. The van der Waals surface area contributed by atoms with Crippen LogP contribution in [0.25, 0.3) is 0 Å². The van der Waals surface area contributed by atoms with Crippen molar-refractivity contribution in [2.45, 2.75) is 321 Å². The molecule has 0 fully saturated rings. The van der Waals surface area contributed by atoms with Crippen molar-refractivity contribution in [3.8, 4) is 0 Å². The first kappa shape index (κ1) is 76.3. The molecule has 0 rings (SSSR count). The maximum Gasteiger partial charge on any atom is 0.220 e. The summed E-state index contributed by atoms with van der Waals surface area (Å²) in [7, 11) is 0. The van der Waals surface area contributed by atoms with Gasteiger partial charge in [0.05, 0.1) is 18.8 Å². The van der Waals surface area contributed by atoms with Crippen molar-refractivity contribution in [3.63, 3.8) is 0 Å². The zero-order valence-electron chi connectivity index (χ0n) is 52.5. The molecule has 0 aromatic carbocycles. The molecule has 3 N–H and O–H groups in total. The van der Waals surface area contributed by atoms with Crippen molar-refractivity contribution in [1.29, 1.82) is 0 Å². The molecule has 0 spiro atoms. The number of aliphatic hydroxyl groups excluding tert-OH is 2. The van der Waals surface area contributed by atoms with E-state index in [-0.39, 0.29) is 12.5 Å². The Hall–Kier alpha value is -3.73. The molecular formula is C76H129NO3. The summed E-state index contributed by atoms with van der Waals surface area (Å²) in [5.74, 6) is -0.0778. The number of allylic oxidation sites excluding steroid dienone is 23. The number of amides is 1. The average molecular weight is 1100 g/mol. The van der Waals surface area contributed by atoms with Gasteiger partial charge in [-0.2, -0.15) is 0 Å². The van der Waals surface area contributed by atoms with Crippen molar-refractivity contribution < 1.29 is 15.0 Å². The molecular weight excluding hydrogens is 975 g/mol. The van der Waals surface area contributed by atoms with Gasteiger partial charge in [0.1, 0.15) is 0 Å². The summed E-state index contributed by atoms with van der Waals surface area (Å²) in [5, 5.41) is 23.3. The standard InChI is InChI=1S/C76H129NO3/c1-3-5-7-9-11-13-15-17-19-21-23-25-27-29-31-32-33-34-35-36-37-38-39-40-41-42-43-44-46-48-50-52-54-56-58-60-62-64-66-68-70-72-76(80)77-74(73-78)75(79)71-69-67-65-63-61-59-57-55-53-51-49-47-45-30-28-26-24-22-20-18-16-14-12-10-8-6-4-2/h5,7,11,13,17,19,23,25,29,31,33-34,36-37,39-40,42-43,46,48,52,54,69,71,74-75,78-79H,3-4,6,8-10,12,14-16,18,20-22,24,26-28,30,32,35,38,41,44-45,47,49-51,53,55-68,70,72-73H2,1-2H3,(H,77,80)/b7-5-,13-11-,19-17-,25-23-,31-29-,34-33-,37-36-,40-39-,43-42-,48-46-,54-52-,71-69+. The highest BCUT2D eigenvalue weighted by Gasteiger charge is 2.18. The van der Waals surface area contributed by atoms with Gasteiger partial charge in [0.2, 0.25) is 5.91 Å². The lowest BCUT2D eigenvalue weighted by Crippen LogP contribution is -2.45. The highest BCUT2D eigenvalue weighted by molar-refractivity contribution is 5.76. The smallest absolute Gasteiger partial charge is 0.220 e. The van der Waals surface area contributed by atoms with Crippen LogP contribution in [-0.4, -0.2) is 34.9 Å². The second-order valence-electron chi connectivity index (χ2n) is 22.5. The van der Waals surface area contributed by atoms with Gasteiger partial charge in [0, 0.05) is 6.42 Å². The summed E-state index contributed by atoms with van der Waals surface area (Å²) in [6.07, 6.45) is 109. The number of unbranched alkanes of at least 4 members (excludes halogenated alkanes) is 32. The van der Waals surface area contributed by atoms with Crippen LogP contribution in [0, 0.1) is 0 Å². The number of carbonyl (C=O) groups excluding carboxylic acids is 1. The molecule has 0 saturated carbocycles. The van der Waals surface area contributed by atoms with Gasteiger partial charge in [-0.25, -0.2) is 0 Å². The fourth-order valence-corrected chi connectivity index (χ4v) is 9.72. The van der Waals surface area contributed by atoms with Crippen molar-refractivity contribution >= 4 is 5.91 Å². The Bertz CT molecular complexity index is 1630. The van der Waals surface area contributed by atoms with E-state index in [1.165, 1.54) is 180 Å². The van der Waals surface area contributed by atoms with E-state index in [9.17, 15) is 15.0 Å². The monoisotopic (exact) mass is 1100 g/mol. The molecule has 0 aliphatic heterocycles. The van der Waals surface area contributed by atoms with E-state index in [4.69, 9.17) is 0 Å². The Balaban J connectivity index is 3.61. The Morgan fingerprint density at radius 1 is 0.312 bits per heavy atom. The van der Waals surface area contributed by atoms with Crippen molar-refractivity contribution in [1.82, 2.24) is 5.32 Å². The Kier molecular flexibility index (Phi) is 66.3. The number of rotatable bonds is 61. The molecule has 0 radical (unpaired) electrons. The first-order valence-corrected chi connectivity index (χ1v) is 34.0. The zero-order chi connectivity index (χ0) is 57.6. The lowest BCUT2D eigenvalue weighted by atomic mass is 10.0. The fraction of sp³-hybridized carbons (Fsp3) is 0.671. The van der Waals surface area contributed by atoms with Crippen LogP contribution < -0.4 is 5.32 Å². The minimum atomic E-state index is -0.856. The molecule has 1 amide bonds. The van der Waals surface area contributed by atoms with Crippen LogP contribution in [0.3, 0.4) is 0 Å². The van der Waals surface area contributed by atoms with Crippen LogP contribution in [0.15, 0.2) is 146 Å². The third kappa shape index (κ3) is 65.1. The summed E-state index contributed by atoms with van der Waals surface area (Å²) >= 11 is 0. The SMILES string of the molecule is CC/C=C\C/C=C\C/C=C\C/C=C\C/C=C\C/C=C\C/C=C\C/C=C\C/C=C\C/C=C\C/C=C\CCCCCCCCCC(=O)NC(CO)C(O)/C=C/CCCCCCCCCCCCCCCCCCCCCCCCCCC. The van der Waals surface area contributed by atoms with Gasteiger partial charge in [0.15, 0.2) is 0 Å². The van der Waals surface area contributed by atoms with Gasteiger partial charge in [-0.1, -0.05) is 346 Å². The Labute approximate surface area is 497 Å². The van der Waals surface area contributed by atoms with Crippen LogP contribution in [0.4, 0.5) is 0 Å². The quantitative estimate of drug-likeness (QED) is 0.0420. The van der Waals surface area contributed by atoms with E-state index in [1.807, 2.05) is 6.08 Å². The summed E-state index contributed by atoms with van der Waals surface area (Å²) in [6, 6.07) is -0.640. The molecule has 2 unspecified atom stereocenters.